The van der Waals surface area contributed by atoms with Crippen molar-refractivity contribution in [3.05, 3.63) is 81.3 Å². The summed E-state index contributed by atoms with van der Waals surface area (Å²) in [6.07, 6.45) is 0.559. The molecule has 0 aliphatic carbocycles. The number of benzene rings is 3. The summed E-state index contributed by atoms with van der Waals surface area (Å²) in [6, 6.07) is 15.8. The predicted octanol–water partition coefficient (Wildman–Crippen LogP) is 5.16. The monoisotopic (exact) mass is 589 g/mol. The number of nitrogens with zero attached hydrogens (tertiary/aromatic N) is 1. The third-order valence-electron chi connectivity index (χ3n) is 5.88. The van der Waals surface area contributed by atoms with Crippen LogP contribution in [-0.2, 0) is 24.3 Å². The number of amides is 3. The van der Waals surface area contributed by atoms with Gasteiger partial charge in [-0.3, -0.25) is 0 Å². The van der Waals surface area contributed by atoms with Gasteiger partial charge < -0.3 is 9.47 Å². The van der Waals surface area contributed by atoms with Crippen LogP contribution in [0.3, 0.4) is 0 Å². The van der Waals surface area contributed by atoms with Crippen LogP contribution in [0, 0.1) is 0 Å². The first-order chi connectivity index (χ1) is 17.2. The Labute approximate surface area is 228 Å². The summed E-state index contributed by atoms with van der Waals surface area (Å²) >= 11 is 13.6. The van der Waals surface area contributed by atoms with Gasteiger partial charge in [0.15, 0.2) is 0 Å². The number of fused-ring (bicyclic) bond motifs is 1. The molecule has 0 aromatic heterocycles. The van der Waals surface area contributed by atoms with Crippen LogP contribution in [0.1, 0.15) is 16.7 Å². The van der Waals surface area contributed by atoms with E-state index in [0.29, 0.717) is 52.4 Å². The Hall–Kier alpha value is -2.86. The molecule has 3 amide bonds. The summed E-state index contributed by atoms with van der Waals surface area (Å²) in [7, 11) is 3.09. The van der Waals surface area contributed by atoms with Gasteiger partial charge in [-0.15, -0.1) is 0 Å². The van der Waals surface area contributed by atoms with E-state index in [1.807, 2.05) is 29.2 Å². The van der Waals surface area contributed by atoms with Gasteiger partial charge in [-0.1, -0.05) is 0 Å². The molecule has 36 heavy (non-hydrogen) atoms. The van der Waals surface area contributed by atoms with Crippen LogP contribution < -0.4 is 20.1 Å². The summed E-state index contributed by atoms with van der Waals surface area (Å²) < 4.78 is 10.3. The van der Waals surface area contributed by atoms with Gasteiger partial charge in [-0.25, -0.2) is 0 Å². The number of hydrogen-bond donors (Lipinski definition) is 2. The number of halogens is 2. The number of anilines is 2. The van der Waals surface area contributed by atoms with E-state index in [1.165, 1.54) is 16.9 Å². The zero-order valence-electron chi connectivity index (χ0n) is 19.8. The summed E-state index contributed by atoms with van der Waals surface area (Å²) in [5.41, 5.74) is 4.16. The van der Waals surface area contributed by atoms with Crippen molar-refractivity contribution in [2.24, 2.45) is 0 Å². The number of ether oxygens (including phenoxy) is 2. The van der Waals surface area contributed by atoms with E-state index in [1.54, 1.807) is 44.6 Å². The molecule has 7 nitrogen and oxygen atoms in total. The van der Waals surface area contributed by atoms with E-state index in [-0.39, 0.29) is 10.6 Å². The fourth-order valence-electron chi connectivity index (χ4n) is 4.05. The van der Waals surface area contributed by atoms with Gasteiger partial charge in [0.05, 0.1) is 14.2 Å². The Bertz CT molecular complexity index is 1280. The van der Waals surface area contributed by atoms with Crippen molar-refractivity contribution in [1.29, 1.82) is 0 Å². The fourth-order valence-corrected chi connectivity index (χ4v) is 5.51. The Morgan fingerprint density at radius 1 is 0.917 bits per heavy atom. The molecular weight excluding hydrogens is 564 g/mol. The molecular formula is C26H26AsCl2N3O4. The topological polar surface area (TPSA) is 79.9 Å². The normalized spacial score (nSPS) is 13.1. The van der Waals surface area contributed by atoms with Crippen molar-refractivity contribution >= 4 is 63.4 Å². The van der Waals surface area contributed by atoms with Gasteiger partial charge >= 0.3 is 188 Å². The van der Waals surface area contributed by atoms with Crippen molar-refractivity contribution in [1.82, 2.24) is 4.90 Å². The molecule has 0 spiro atoms. The standard InChI is InChI=1S/C26H26AsCl2N3O4/c1-35-21-10-20(11-22(12-21)36-2)31-26(34)30-19-6-4-16-13-32(14-17(16)7-19)25(33)23(27)8-15-3-5-18(28)9-24(15)29/h3-7,9-12,23H,8,13-14,27H2,1-2H3,(H2,30,31,34). The number of hydrogen-bond acceptors (Lipinski definition) is 4. The first-order valence-electron chi connectivity index (χ1n) is 11.2. The molecule has 2 atom stereocenters. The number of nitrogens with one attached hydrogen (secondary N) is 2. The van der Waals surface area contributed by atoms with E-state index in [9.17, 15) is 9.59 Å². The van der Waals surface area contributed by atoms with Crippen LogP contribution >= 0.6 is 23.2 Å². The molecule has 4 rings (SSSR count). The minimum absolute atomic E-state index is 0.0800. The van der Waals surface area contributed by atoms with Crippen LogP contribution in [0.4, 0.5) is 16.2 Å². The Morgan fingerprint density at radius 2 is 1.58 bits per heavy atom. The van der Waals surface area contributed by atoms with Gasteiger partial charge in [0.25, 0.3) is 0 Å². The smallest absolute Gasteiger partial charge is 0.497 e. The average molecular weight is 590 g/mol. The van der Waals surface area contributed by atoms with Gasteiger partial charge in [0.1, 0.15) is 11.5 Å². The molecule has 0 radical (unpaired) electrons. The molecule has 0 saturated heterocycles. The van der Waals surface area contributed by atoms with Crippen LogP contribution in [0.25, 0.3) is 0 Å². The Kier molecular flexibility index (Phi) is 8.35. The van der Waals surface area contributed by atoms with E-state index in [0.717, 1.165) is 16.7 Å². The Morgan fingerprint density at radius 3 is 2.25 bits per heavy atom. The molecule has 2 unspecified atom stereocenters. The fraction of sp³-hybridized carbons (Fsp3) is 0.231. The number of rotatable bonds is 7. The molecule has 0 fully saturated rings. The first-order valence-corrected chi connectivity index (χ1v) is 13.3. The van der Waals surface area contributed by atoms with Crippen molar-refractivity contribution in [3.8, 4) is 11.5 Å². The van der Waals surface area contributed by atoms with Crippen LogP contribution in [0.15, 0.2) is 54.6 Å². The van der Waals surface area contributed by atoms with Gasteiger partial charge in [0, 0.05) is 6.07 Å². The van der Waals surface area contributed by atoms with Crippen LogP contribution in [0.2, 0.25) is 14.8 Å². The second-order valence-electron chi connectivity index (χ2n) is 8.40. The van der Waals surface area contributed by atoms with Crippen LogP contribution in [-0.4, -0.2) is 47.9 Å². The van der Waals surface area contributed by atoms with E-state index in [2.05, 4.69) is 10.6 Å². The molecule has 1 heterocycles. The molecule has 0 bridgehead atoms. The van der Waals surface area contributed by atoms with Crippen molar-refractivity contribution < 1.29 is 19.1 Å². The van der Waals surface area contributed by atoms with E-state index in [4.69, 9.17) is 32.7 Å². The molecule has 10 heteroatoms. The Balaban J connectivity index is 1.37. The maximum atomic E-state index is 13.1. The second-order valence-corrected chi connectivity index (χ2v) is 10.9. The minimum Gasteiger partial charge on any atom is -0.497 e. The van der Waals surface area contributed by atoms with E-state index >= 15 is 0 Å². The SMILES string of the molecule is COc1cc(NC(=O)Nc2ccc3c(c2)CN(C(=O)C([AsH2])Cc2ccc(Cl)cc2Cl)C3)cc(OC)c1. The summed E-state index contributed by atoms with van der Waals surface area (Å²) in [6.45, 7) is 1.03. The van der Waals surface area contributed by atoms with Gasteiger partial charge in [-0.2, -0.15) is 0 Å². The summed E-state index contributed by atoms with van der Waals surface area (Å²) in [4.78, 5) is 27.6. The maximum absolute atomic E-state index is 13.1. The van der Waals surface area contributed by atoms with E-state index < -0.39 is 6.03 Å². The first kappa shape index (κ1) is 26.2. The van der Waals surface area contributed by atoms with Crippen molar-refractivity contribution in [2.75, 3.05) is 24.9 Å². The number of carbonyl (C=O) groups is 2. The number of carbonyl (C=O) groups excluding carboxylic acids is 2. The third-order valence-corrected chi connectivity index (χ3v) is 7.56. The molecule has 188 valence electrons. The predicted molar refractivity (Wildman–Crippen MR) is 145 cm³/mol. The molecule has 3 aromatic rings. The number of methoxy groups -OCH3 is 2. The zero-order chi connectivity index (χ0) is 25.8. The molecule has 3 aromatic carbocycles. The quantitative estimate of drug-likeness (QED) is 0.373. The average Bonchev–Trinajstić information content (AvgIpc) is 3.28. The van der Waals surface area contributed by atoms with Crippen LogP contribution in [0.5, 0.6) is 11.5 Å². The second kappa shape index (κ2) is 11.5. The van der Waals surface area contributed by atoms with Crippen molar-refractivity contribution in [2.45, 2.75) is 24.2 Å². The van der Waals surface area contributed by atoms with Gasteiger partial charge in [-0.05, 0) is 0 Å². The summed E-state index contributed by atoms with van der Waals surface area (Å²) in [5.74, 6) is 1.22. The summed E-state index contributed by atoms with van der Waals surface area (Å²) in [5, 5.41) is 6.78. The zero-order valence-corrected chi connectivity index (χ0v) is 23.7. The van der Waals surface area contributed by atoms with Gasteiger partial charge in [0.2, 0.25) is 0 Å². The molecule has 1 aliphatic heterocycles. The molecule has 2 N–H and O–H groups in total. The molecule has 1 aliphatic rings. The minimum atomic E-state index is -0.396. The van der Waals surface area contributed by atoms with Crippen molar-refractivity contribution in [3.63, 3.8) is 0 Å². The molecule has 0 saturated carbocycles. The number of urea groups is 1. The third kappa shape index (κ3) is 6.27.